The van der Waals surface area contributed by atoms with Crippen LogP contribution in [0.15, 0.2) is 12.7 Å². The number of hydrogen-bond acceptors (Lipinski definition) is 3. The maximum Gasteiger partial charge on any atom is 0.334 e. The standard InChI is InChI=1S/C10H18O3/c1-4-5-6-7-8-13-9(2)10(11)12-3/h4,9H,1,5-8H2,2-3H3/t9-/m1/s1. The molecule has 0 rings (SSSR count). The van der Waals surface area contributed by atoms with Crippen molar-refractivity contribution < 1.29 is 14.3 Å². The van der Waals surface area contributed by atoms with Gasteiger partial charge in [-0.1, -0.05) is 6.08 Å². The summed E-state index contributed by atoms with van der Waals surface area (Å²) in [6.45, 7) is 5.92. The zero-order chi connectivity index (χ0) is 10.1. The topological polar surface area (TPSA) is 35.5 Å². The quantitative estimate of drug-likeness (QED) is 0.346. The lowest BCUT2D eigenvalue weighted by Crippen LogP contribution is -2.22. The average molecular weight is 186 g/mol. The van der Waals surface area contributed by atoms with Crippen LogP contribution in [0.5, 0.6) is 0 Å². The van der Waals surface area contributed by atoms with Crippen molar-refractivity contribution in [3.63, 3.8) is 0 Å². The van der Waals surface area contributed by atoms with E-state index in [-0.39, 0.29) is 5.97 Å². The van der Waals surface area contributed by atoms with Crippen LogP contribution in [0.1, 0.15) is 26.2 Å². The molecule has 3 nitrogen and oxygen atoms in total. The van der Waals surface area contributed by atoms with E-state index in [1.54, 1.807) is 6.92 Å². The van der Waals surface area contributed by atoms with Gasteiger partial charge in [0.25, 0.3) is 0 Å². The van der Waals surface area contributed by atoms with E-state index < -0.39 is 6.10 Å². The predicted molar refractivity (Wildman–Crippen MR) is 51.5 cm³/mol. The maximum atomic E-state index is 10.9. The predicted octanol–water partition coefficient (Wildman–Crippen LogP) is 1.92. The number of esters is 1. The van der Waals surface area contributed by atoms with Gasteiger partial charge < -0.3 is 9.47 Å². The first-order chi connectivity index (χ1) is 6.22. The molecule has 0 aromatic carbocycles. The van der Waals surface area contributed by atoms with Crippen LogP contribution in [0, 0.1) is 0 Å². The molecule has 0 fully saturated rings. The molecule has 13 heavy (non-hydrogen) atoms. The number of hydrogen-bond donors (Lipinski definition) is 0. The van der Waals surface area contributed by atoms with E-state index in [1.165, 1.54) is 7.11 Å². The Bertz CT molecular complexity index is 154. The molecular formula is C10H18O3. The van der Waals surface area contributed by atoms with Gasteiger partial charge in [-0.15, -0.1) is 6.58 Å². The van der Waals surface area contributed by atoms with Crippen LogP contribution in [-0.2, 0) is 14.3 Å². The second kappa shape index (κ2) is 7.80. The Morgan fingerprint density at radius 1 is 1.54 bits per heavy atom. The van der Waals surface area contributed by atoms with Crippen molar-refractivity contribution in [3.8, 4) is 0 Å². The first kappa shape index (κ1) is 12.2. The average Bonchev–Trinajstić information content (AvgIpc) is 2.16. The van der Waals surface area contributed by atoms with Gasteiger partial charge in [0.1, 0.15) is 0 Å². The highest BCUT2D eigenvalue weighted by molar-refractivity contribution is 5.73. The first-order valence-electron chi connectivity index (χ1n) is 4.52. The number of unbranched alkanes of at least 4 members (excludes halogenated alkanes) is 2. The van der Waals surface area contributed by atoms with Crippen molar-refractivity contribution in [1.29, 1.82) is 0 Å². The molecule has 1 atom stereocenters. The Morgan fingerprint density at radius 3 is 2.77 bits per heavy atom. The lowest BCUT2D eigenvalue weighted by atomic mass is 10.2. The molecule has 0 saturated heterocycles. The zero-order valence-electron chi connectivity index (χ0n) is 8.41. The number of methoxy groups -OCH3 is 1. The molecule has 0 aliphatic carbocycles. The van der Waals surface area contributed by atoms with Crippen molar-refractivity contribution in [2.45, 2.75) is 32.3 Å². The largest absolute Gasteiger partial charge is 0.467 e. The zero-order valence-corrected chi connectivity index (χ0v) is 8.41. The Balaban J connectivity index is 3.31. The summed E-state index contributed by atoms with van der Waals surface area (Å²) in [7, 11) is 1.36. The number of ether oxygens (including phenoxy) is 2. The van der Waals surface area contributed by atoms with E-state index in [0.717, 1.165) is 19.3 Å². The highest BCUT2D eigenvalue weighted by atomic mass is 16.6. The molecule has 0 aromatic heterocycles. The van der Waals surface area contributed by atoms with Gasteiger partial charge in [-0.2, -0.15) is 0 Å². The second-order valence-electron chi connectivity index (χ2n) is 2.82. The van der Waals surface area contributed by atoms with Gasteiger partial charge in [-0.05, 0) is 26.2 Å². The summed E-state index contributed by atoms with van der Waals surface area (Å²) in [6, 6.07) is 0. The van der Waals surface area contributed by atoms with Crippen molar-refractivity contribution in [2.75, 3.05) is 13.7 Å². The number of carbonyl (C=O) groups excluding carboxylic acids is 1. The minimum Gasteiger partial charge on any atom is -0.467 e. The summed E-state index contributed by atoms with van der Waals surface area (Å²) < 4.78 is 9.74. The molecule has 0 spiro atoms. The van der Waals surface area contributed by atoms with Gasteiger partial charge in [-0.3, -0.25) is 0 Å². The SMILES string of the molecule is C=CCCCCO[C@H](C)C(=O)OC. The first-order valence-corrected chi connectivity index (χ1v) is 4.52. The summed E-state index contributed by atoms with van der Waals surface area (Å²) in [6.07, 6.45) is 4.43. The van der Waals surface area contributed by atoms with E-state index in [1.807, 2.05) is 6.08 Å². The Morgan fingerprint density at radius 2 is 2.23 bits per heavy atom. The van der Waals surface area contributed by atoms with Crippen LogP contribution in [0.3, 0.4) is 0 Å². The monoisotopic (exact) mass is 186 g/mol. The van der Waals surface area contributed by atoms with E-state index in [9.17, 15) is 4.79 Å². The molecule has 0 amide bonds. The fourth-order valence-corrected chi connectivity index (χ4v) is 0.885. The van der Waals surface area contributed by atoms with E-state index >= 15 is 0 Å². The molecule has 0 aliphatic heterocycles. The van der Waals surface area contributed by atoms with Crippen LogP contribution in [0.4, 0.5) is 0 Å². The van der Waals surface area contributed by atoms with Gasteiger partial charge >= 0.3 is 5.97 Å². The molecular weight excluding hydrogens is 168 g/mol. The van der Waals surface area contributed by atoms with Crippen LogP contribution in [0.2, 0.25) is 0 Å². The fourth-order valence-electron chi connectivity index (χ4n) is 0.885. The molecule has 3 heteroatoms. The van der Waals surface area contributed by atoms with Crippen molar-refractivity contribution in [3.05, 3.63) is 12.7 Å². The lowest BCUT2D eigenvalue weighted by Gasteiger charge is -2.09. The minimum absolute atomic E-state index is 0.316. The highest BCUT2D eigenvalue weighted by Gasteiger charge is 2.12. The van der Waals surface area contributed by atoms with Gasteiger partial charge in [0.05, 0.1) is 7.11 Å². The Hall–Kier alpha value is -0.830. The summed E-state index contributed by atoms with van der Waals surface area (Å²) in [4.78, 5) is 10.9. The number of carbonyl (C=O) groups is 1. The smallest absolute Gasteiger partial charge is 0.334 e. The molecule has 0 heterocycles. The van der Waals surface area contributed by atoms with E-state index in [2.05, 4.69) is 11.3 Å². The van der Waals surface area contributed by atoms with Gasteiger partial charge in [0.2, 0.25) is 0 Å². The maximum absolute atomic E-state index is 10.9. The van der Waals surface area contributed by atoms with Crippen LogP contribution in [-0.4, -0.2) is 25.8 Å². The number of allylic oxidation sites excluding steroid dienone is 1. The van der Waals surface area contributed by atoms with E-state index in [0.29, 0.717) is 6.61 Å². The van der Waals surface area contributed by atoms with E-state index in [4.69, 9.17) is 4.74 Å². The summed E-state index contributed by atoms with van der Waals surface area (Å²) in [5.41, 5.74) is 0. The fraction of sp³-hybridized carbons (Fsp3) is 0.700. The van der Waals surface area contributed by atoms with Crippen molar-refractivity contribution >= 4 is 5.97 Å². The highest BCUT2D eigenvalue weighted by Crippen LogP contribution is 1.99. The van der Waals surface area contributed by atoms with Crippen molar-refractivity contribution in [2.24, 2.45) is 0 Å². The molecule has 0 aliphatic rings. The third kappa shape index (κ3) is 6.34. The molecule has 0 bridgehead atoms. The minimum atomic E-state index is -0.450. The summed E-state index contributed by atoms with van der Waals surface area (Å²) in [5, 5.41) is 0. The third-order valence-corrected chi connectivity index (χ3v) is 1.70. The third-order valence-electron chi connectivity index (χ3n) is 1.70. The van der Waals surface area contributed by atoms with Gasteiger partial charge in [0, 0.05) is 6.61 Å². The van der Waals surface area contributed by atoms with Crippen molar-refractivity contribution in [1.82, 2.24) is 0 Å². The molecule has 0 N–H and O–H groups in total. The molecule has 0 unspecified atom stereocenters. The molecule has 0 saturated carbocycles. The normalized spacial score (nSPS) is 12.2. The van der Waals surface area contributed by atoms with Gasteiger partial charge in [-0.25, -0.2) is 4.79 Å². The van der Waals surface area contributed by atoms with Crippen LogP contribution >= 0.6 is 0 Å². The second-order valence-corrected chi connectivity index (χ2v) is 2.82. The van der Waals surface area contributed by atoms with Gasteiger partial charge in [0.15, 0.2) is 6.10 Å². The molecule has 76 valence electrons. The number of rotatable bonds is 7. The lowest BCUT2D eigenvalue weighted by molar-refractivity contribution is -0.152. The Labute approximate surface area is 79.7 Å². The Kier molecular flexibility index (Phi) is 7.30. The molecule has 0 radical (unpaired) electrons. The van der Waals surface area contributed by atoms with Crippen LogP contribution < -0.4 is 0 Å². The summed E-state index contributed by atoms with van der Waals surface area (Å²) in [5.74, 6) is -0.316. The molecule has 0 aromatic rings. The summed E-state index contributed by atoms with van der Waals surface area (Å²) >= 11 is 0. The van der Waals surface area contributed by atoms with Crippen LogP contribution in [0.25, 0.3) is 0 Å².